The van der Waals surface area contributed by atoms with E-state index in [1.165, 1.54) is 5.06 Å². The van der Waals surface area contributed by atoms with Crippen molar-refractivity contribution in [3.05, 3.63) is 0 Å². The van der Waals surface area contributed by atoms with Crippen LogP contribution in [-0.2, 0) is 0 Å². The number of β-amino-alcohol motifs (C(OH)–C–C–N with tert-alkyl or cyclic N) is 1. The van der Waals surface area contributed by atoms with E-state index >= 15 is 0 Å². The lowest BCUT2D eigenvalue weighted by Gasteiger charge is -2.29. The second kappa shape index (κ2) is 2.64. The predicted octanol–water partition coefficient (Wildman–Crippen LogP) is 0.0783. The SMILES string of the molecule is CC1C[C@H](O)CN(O)C1. The normalized spacial score (nSPS) is 39.0. The maximum Gasteiger partial charge on any atom is 0.0693 e. The summed E-state index contributed by atoms with van der Waals surface area (Å²) in [6.07, 6.45) is 0.482. The molecule has 3 heteroatoms. The lowest BCUT2D eigenvalue weighted by molar-refractivity contribution is -0.145. The van der Waals surface area contributed by atoms with Crippen LogP contribution in [0.25, 0.3) is 0 Å². The van der Waals surface area contributed by atoms with Crippen LogP contribution in [-0.4, -0.2) is 34.6 Å². The highest BCUT2D eigenvalue weighted by atomic mass is 16.5. The summed E-state index contributed by atoms with van der Waals surface area (Å²) in [7, 11) is 0. The lowest BCUT2D eigenvalue weighted by Crippen LogP contribution is -2.40. The Morgan fingerprint density at radius 2 is 2.11 bits per heavy atom. The molecule has 0 aromatic carbocycles. The fraction of sp³-hybridized carbons (Fsp3) is 1.00. The Morgan fingerprint density at radius 3 is 2.56 bits per heavy atom. The van der Waals surface area contributed by atoms with Gasteiger partial charge in [0.05, 0.1) is 6.10 Å². The number of hydrogen-bond donors (Lipinski definition) is 2. The van der Waals surface area contributed by atoms with E-state index in [0.29, 0.717) is 19.0 Å². The first-order valence-corrected chi connectivity index (χ1v) is 3.30. The highest BCUT2D eigenvalue weighted by molar-refractivity contribution is 4.70. The van der Waals surface area contributed by atoms with Gasteiger partial charge in [-0.25, -0.2) is 0 Å². The number of hydroxylamine groups is 2. The van der Waals surface area contributed by atoms with Crippen molar-refractivity contribution < 1.29 is 10.3 Å². The molecule has 1 saturated heterocycles. The monoisotopic (exact) mass is 131 g/mol. The molecule has 3 nitrogen and oxygen atoms in total. The zero-order valence-electron chi connectivity index (χ0n) is 5.62. The Balaban J connectivity index is 2.34. The molecule has 0 bridgehead atoms. The molecule has 0 saturated carbocycles. The quantitative estimate of drug-likeness (QED) is 0.489. The van der Waals surface area contributed by atoms with Gasteiger partial charge in [-0.3, -0.25) is 0 Å². The molecule has 9 heavy (non-hydrogen) atoms. The summed E-state index contributed by atoms with van der Waals surface area (Å²) in [5, 5.41) is 19.2. The van der Waals surface area contributed by atoms with Gasteiger partial charge in [0.25, 0.3) is 0 Å². The second-order valence-corrected chi connectivity index (χ2v) is 2.87. The summed E-state index contributed by atoms with van der Waals surface area (Å²) < 4.78 is 0. The molecule has 54 valence electrons. The summed E-state index contributed by atoms with van der Waals surface area (Å²) in [5.41, 5.74) is 0. The third-order valence-electron chi connectivity index (χ3n) is 1.62. The Kier molecular flexibility index (Phi) is 2.05. The van der Waals surface area contributed by atoms with Gasteiger partial charge in [-0.1, -0.05) is 6.92 Å². The average Bonchev–Trinajstić information content (AvgIpc) is 1.59. The standard InChI is InChI=1S/C6H13NO2/c1-5-2-6(8)4-7(9)3-5/h5-6,8-9H,2-4H2,1H3/t5?,6-/m0/s1. The summed E-state index contributed by atoms with van der Waals surface area (Å²) in [4.78, 5) is 0. The molecule has 1 unspecified atom stereocenters. The number of piperidine rings is 1. The molecule has 1 aliphatic heterocycles. The molecule has 0 aromatic rings. The molecule has 0 radical (unpaired) electrons. The van der Waals surface area contributed by atoms with Crippen molar-refractivity contribution in [2.75, 3.05) is 13.1 Å². The van der Waals surface area contributed by atoms with Crippen molar-refractivity contribution in [3.8, 4) is 0 Å². The van der Waals surface area contributed by atoms with Crippen LogP contribution in [0.15, 0.2) is 0 Å². The lowest BCUT2D eigenvalue weighted by atomic mass is 10.00. The zero-order valence-corrected chi connectivity index (χ0v) is 5.62. The number of nitrogens with zero attached hydrogens (tertiary/aromatic N) is 1. The number of aliphatic hydroxyl groups is 1. The largest absolute Gasteiger partial charge is 0.392 e. The molecule has 0 amide bonds. The van der Waals surface area contributed by atoms with Gasteiger partial charge in [0.15, 0.2) is 0 Å². The van der Waals surface area contributed by atoms with Gasteiger partial charge in [0.1, 0.15) is 0 Å². The van der Waals surface area contributed by atoms with E-state index in [4.69, 9.17) is 10.3 Å². The molecule has 1 aliphatic rings. The van der Waals surface area contributed by atoms with Gasteiger partial charge in [0.2, 0.25) is 0 Å². The van der Waals surface area contributed by atoms with Crippen molar-refractivity contribution in [1.29, 1.82) is 0 Å². The third kappa shape index (κ3) is 1.93. The molecule has 2 N–H and O–H groups in total. The molecule has 1 fully saturated rings. The molecule has 1 rings (SSSR count). The molecular formula is C6H13NO2. The zero-order chi connectivity index (χ0) is 6.85. The first-order valence-electron chi connectivity index (χ1n) is 3.30. The molecular weight excluding hydrogens is 118 g/mol. The van der Waals surface area contributed by atoms with Crippen molar-refractivity contribution in [2.24, 2.45) is 5.92 Å². The van der Waals surface area contributed by atoms with Crippen LogP contribution in [0.2, 0.25) is 0 Å². The second-order valence-electron chi connectivity index (χ2n) is 2.87. The van der Waals surface area contributed by atoms with Crippen LogP contribution >= 0.6 is 0 Å². The Morgan fingerprint density at radius 1 is 1.44 bits per heavy atom. The minimum atomic E-state index is -0.334. The smallest absolute Gasteiger partial charge is 0.0693 e. The van der Waals surface area contributed by atoms with Gasteiger partial charge in [0, 0.05) is 13.1 Å². The maximum absolute atomic E-state index is 9.05. The van der Waals surface area contributed by atoms with Gasteiger partial charge >= 0.3 is 0 Å². The third-order valence-corrected chi connectivity index (χ3v) is 1.62. The number of aliphatic hydroxyl groups excluding tert-OH is 1. The number of rotatable bonds is 0. The van der Waals surface area contributed by atoms with E-state index < -0.39 is 0 Å². The van der Waals surface area contributed by atoms with Crippen molar-refractivity contribution in [1.82, 2.24) is 5.06 Å². The van der Waals surface area contributed by atoms with Gasteiger partial charge in [-0.2, -0.15) is 5.06 Å². The van der Waals surface area contributed by atoms with Crippen molar-refractivity contribution >= 4 is 0 Å². The summed E-state index contributed by atoms with van der Waals surface area (Å²) in [6.45, 7) is 3.12. The van der Waals surface area contributed by atoms with Crippen molar-refractivity contribution in [3.63, 3.8) is 0 Å². The van der Waals surface area contributed by atoms with E-state index in [0.717, 1.165) is 6.42 Å². The Bertz CT molecular complexity index is 72.0. The summed E-state index contributed by atoms with van der Waals surface area (Å²) >= 11 is 0. The Hall–Kier alpha value is -0.120. The molecule has 0 aliphatic carbocycles. The Labute approximate surface area is 54.9 Å². The van der Waals surface area contributed by atoms with E-state index in [1.54, 1.807) is 0 Å². The maximum atomic E-state index is 9.05. The average molecular weight is 131 g/mol. The van der Waals surface area contributed by atoms with E-state index in [1.807, 2.05) is 6.92 Å². The first-order chi connectivity index (χ1) is 4.18. The predicted molar refractivity (Wildman–Crippen MR) is 33.1 cm³/mol. The van der Waals surface area contributed by atoms with E-state index in [9.17, 15) is 0 Å². The minimum Gasteiger partial charge on any atom is -0.392 e. The van der Waals surface area contributed by atoms with Gasteiger partial charge in [-0.15, -0.1) is 0 Å². The van der Waals surface area contributed by atoms with E-state index in [-0.39, 0.29) is 6.10 Å². The molecule has 0 aromatic heterocycles. The first kappa shape index (κ1) is 6.99. The van der Waals surface area contributed by atoms with Crippen LogP contribution in [0.1, 0.15) is 13.3 Å². The number of hydrogen-bond acceptors (Lipinski definition) is 3. The minimum absolute atomic E-state index is 0.334. The summed E-state index contributed by atoms with van der Waals surface area (Å²) in [5.74, 6) is 0.416. The van der Waals surface area contributed by atoms with Crippen LogP contribution in [0.5, 0.6) is 0 Å². The van der Waals surface area contributed by atoms with Crippen molar-refractivity contribution in [2.45, 2.75) is 19.4 Å². The van der Waals surface area contributed by atoms with Gasteiger partial charge in [-0.05, 0) is 12.3 Å². The molecule has 1 heterocycles. The molecule has 2 atom stereocenters. The van der Waals surface area contributed by atoms with Gasteiger partial charge < -0.3 is 10.3 Å². The highest BCUT2D eigenvalue weighted by Crippen LogP contribution is 2.13. The topological polar surface area (TPSA) is 43.7 Å². The molecule has 0 spiro atoms. The van der Waals surface area contributed by atoms with Crippen LogP contribution in [0.4, 0.5) is 0 Å². The fourth-order valence-electron chi connectivity index (χ4n) is 1.29. The van der Waals surface area contributed by atoms with Crippen LogP contribution < -0.4 is 0 Å². The summed E-state index contributed by atoms with van der Waals surface area (Å²) in [6, 6.07) is 0. The van der Waals surface area contributed by atoms with Crippen LogP contribution in [0, 0.1) is 5.92 Å². The van der Waals surface area contributed by atoms with Crippen LogP contribution in [0.3, 0.4) is 0 Å². The van der Waals surface area contributed by atoms with E-state index in [2.05, 4.69) is 0 Å². The fourth-order valence-corrected chi connectivity index (χ4v) is 1.29. The highest BCUT2D eigenvalue weighted by Gasteiger charge is 2.20.